The number of benzene rings is 2. The molecule has 7 heteroatoms. The predicted octanol–water partition coefficient (Wildman–Crippen LogP) is 4.26. The molecule has 0 aliphatic rings. The smallest absolute Gasteiger partial charge is 0.323 e. The third kappa shape index (κ3) is 4.18. The number of hydrogen-bond acceptors (Lipinski definition) is 2. The molecule has 4 nitrogen and oxygen atoms in total. The van der Waals surface area contributed by atoms with Crippen LogP contribution in [0.5, 0.6) is 0 Å². The van der Waals surface area contributed by atoms with Gasteiger partial charge in [0.15, 0.2) is 0 Å². The van der Waals surface area contributed by atoms with Gasteiger partial charge in [-0.25, -0.2) is 5.43 Å². The Morgan fingerprint density at radius 3 is 2.54 bits per heavy atom. The molecule has 26 heavy (non-hydrogen) atoms. The lowest BCUT2D eigenvalue weighted by Crippen LogP contribution is -2.18. The monoisotopic (exact) mass is 357 g/mol. The minimum atomic E-state index is -4.50. The second-order valence-corrected chi connectivity index (χ2v) is 5.47. The van der Waals surface area contributed by atoms with E-state index in [1.54, 1.807) is 6.07 Å². The average molecular weight is 357 g/mol. The molecule has 132 valence electrons. The zero-order valence-corrected chi connectivity index (χ0v) is 13.4. The van der Waals surface area contributed by atoms with E-state index in [-0.39, 0.29) is 5.56 Å². The molecular weight excluding hydrogens is 343 g/mol. The van der Waals surface area contributed by atoms with Crippen molar-refractivity contribution >= 4 is 12.1 Å². The molecular formula is C19H14F3N3O. The van der Waals surface area contributed by atoms with Crippen molar-refractivity contribution in [3.05, 3.63) is 89.7 Å². The van der Waals surface area contributed by atoms with E-state index in [0.29, 0.717) is 0 Å². The topological polar surface area (TPSA) is 46.4 Å². The van der Waals surface area contributed by atoms with Crippen LogP contribution in [0, 0.1) is 0 Å². The van der Waals surface area contributed by atoms with Crippen LogP contribution in [0.25, 0.3) is 5.69 Å². The van der Waals surface area contributed by atoms with Crippen molar-refractivity contribution in [3.8, 4) is 5.69 Å². The predicted molar refractivity (Wildman–Crippen MR) is 92.3 cm³/mol. The minimum Gasteiger partial charge on any atom is -0.323 e. The van der Waals surface area contributed by atoms with Crippen LogP contribution in [0.1, 0.15) is 21.5 Å². The number of amides is 1. The van der Waals surface area contributed by atoms with Gasteiger partial charge < -0.3 is 4.57 Å². The largest absolute Gasteiger partial charge is 0.416 e. The standard InChI is InChI=1S/C19H14F3N3O/c20-19(21,22)16-6-4-5-15(11-16)18(26)24-23-12-14-9-10-25(13-14)17-7-2-1-3-8-17/h1-13H,(H,24,26)/b23-12-. The Morgan fingerprint density at radius 1 is 1.04 bits per heavy atom. The van der Waals surface area contributed by atoms with Crippen LogP contribution < -0.4 is 5.43 Å². The van der Waals surface area contributed by atoms with E-state index in [2.05, 4.69) is 10.5 Å². The van der Waals surface area contributed by atoms with Crippen molar-refractivity contribution in [2.24, 2.45) is 5.10 Å². The molecule has 1 heterocycles. The van der Waals surface area contributed by atoms with Gasteiger partial charge in [0.2, 0.25) is 0 Å². The van der Waals surface area contributed by atoms with Crippen LogP contribution in [0.4, 0.5) is 13.2 Å². The molecule has 3 aromatic rings. The van der Waals surface area contributed by atoms with Gasteiger partial charge in [-0.15, -0.1) is 0 Å². The molecule has 0 saturated heterocycles. The molecule has 0 atom stereocenters. The first-order chi connectivity index (χ1) is 12.4. The second kappa shape index (κ2) is 7.26. The van der Waals surface area contributed by atoms with Crippen LogP contribution >= 0.6 is 0 Å². The number of carbonyl (C=O) groups is 1. The highest BCUT2D eigenvalue weighted by atomic mass is 19.4. The molecule has 1 aromatic heterocycles. The van der Waals surface area contributed by atoms with E-state index in [9.17, 15) is 18.0 Å². The fraction of sp³-hybridized carbons (Fsp3) is 0.0526. The molecule has 0 aliphatic carbocycles. The van der Waals surface area contributed by atoms with Gasteiger partial charge in [-0.05, 0) is 36.4 Å². The van der Waals surface area contributed by atoms with E-state index < -0.39 is 17.6 Å². The van der Waals surface area contributed by atoms with E-state index in [4.69, 9.17) is 0 Å². The van der Waals surface area contributed by atoms with Gasteiger partial charge in [0, 0.05) is 29.2 Å². The summed E-state index contributed by atoms with van der Waals surface area (Å²) in [6.45, 7) is 0. The summed E-state index contributed by atoms with van der Waals surface area (Å²) in [6.07, 6.45) is 0.575. The van der Waals surface area contributed by atoms with Crippen molar-refractivity contribution in [3.63, 3.8) is 0 Å². The van der Waals surface area contributed by atoms with E-state index in [1.807, 2.05) is 47.3 Å². The van der Waals surface area contributed by atoms with Gasteiger partial charge in [-0.2, -0.15) is 18.3 Å². The van der Waals surface area contributed by atoms with Crippen LogP contribution in [0.3, 0.4) is 0 Å². The zero-order valence-electron chi connectivity index (χ0n) is 13.4. The van der Waals surface area contributed by atoms with Crippen LogP contribution in [-0.2, 0) is 6.18 Å². The van der Waals surface area contributed by atoms with Gasteiger partial charge in [-0.1, -0.05) is 24.3 Å². The third-order valence-corrected chi connectivity index (χ3v) is 3.60. The van der Waals surface area contributed by atoms with E-state index >= 15 is 0 Å². The number of hydrogen-bond donors (Lipinski definition) is 1. The first kappa shape index (κ1) is 17.5. The molecule has 0 aliphatic heterocycles. The molecule has 3 rings (SSSR count). The van der Waals surface area contributed by atoms with Crippen LogP contribution in [-0.4, -0.2) is 16.7 Å². The quantitative estimate of drug-likeness (QED) is 0.550. The Morgan fingerprint density at radius 2 is 1.81 bits per heavy atom. The highest BCUT2D eigenvalue weighted by molar-refractivity contribution is 5.95. The van der Waals surface area contributed by atoms with Crippen LogP contribution in [0.15, 0.2) is 78.2 Å². The Hall–Kier alpha value is -3.35. The molecule has 0 unspecified atom stereocenters. The maximum Gasteiger partial charge on any atom is 0.416 e. The van der Waals surface area contributed by atoms with Gasteiger partial charge in [-0.3, -0.25) is 4.79 Å². The van der Waals surface area contributed by atoms with Crippen molar-refractivity contribution in [1.82, 2.24) is 9.99 Å². The lowest BCUT2D eigenvalue weighted by Gasteiger charge is -2.07. The summed E-state index contributed by atoms with van der Waals surface area (Å²) in [5.74, 6) is -0.713. The van der Waals surface area contributed by atoms with Crippen molar-refractivity contribution in [2.45, 2.75) is 6.18 Å². The number of alkyl halides is 3. The summed E-state index contributed by atoms with van der Waals surface area (Å²) in [7, 11) is 0. The number of nitrogens with zero attached hydrogens (tertiary/aromatic N) is 2. The van der Waals surface area contributed by atoms with Crippen molar-refractivity contribution < 1.29 is 18.0 Å². The molecule has 0 radical (unpaired) electrons. The summed E-state index contributed by atoms with van der Waals surface area (Å²) in [6, 6.07) is 15.6. The fourth-order valence-electron chi connectivity index (χ4n) is 2.32. The summed E-state index contributed by atoms with van der Waals surface area (Å²) in [5, 5.41) is 3.80. The van der Waals surface area contributed by atoms with E-state index in [1.165, 1.54) is 18.3 Å². The normalized spacial score (nSPS) is 11.7. The molecule has 0 fully saturated rings. The first-order valence-corrected chi connectivity index (χ1v) is 7.67. The molecule has 0 spiro atoms. The Labute approximate surface area is 147 Å². The average Bonchev–Trinajstić information content (AvgIpc) is 3.11. The Balaban J connectivity index is 1.66. The number of rotatable bonds is 4. The number of aromatic nitrogens is 1. The summed E-state index contributed by atoms with van der Waals surface area (Å²) < 4.78 is 39.9. The Kier molecular flexibility index (Phi) is 4.88. The fourth-order valence-corrected chi connectivity index (χ4v) is 2.32. The number of hydrazone groups is 1. The maximum absolute atomic E-state index is 12.7. The SMILES string of the molecule is O=C(N/N=C\c1ccn(-c2ccccc2)c1)c1cccc(C(F)(F)F)c1. The highest BCUT2D eigenvalue weighted by Gasteiger charge is 2.30. The third-order valence-electron chi connectivity index (χ3n) is 3.60. The van der Waals surface area contributed by atoms with Crippen LogP contribution in [0.2, 0.25) is 0 Å². The zero-order chi connectivity index (χ0) is 18.6. The molecule has 2 aromatic carbocycles. The minimum absolute atomic E-state index is 0.112. The lowest BCUT2D eigenvalue weighted by atomic mass is 10.1. The first-order valence-electron chi connectivity index (χ1n) is 7.67. The van der Waals surface area contributed by atoms with Gasteiger partial charge >= 0.3 is 6.18 Å². The van der Waals surface area contributed by atoms with Gasteiger partial charge in [0.25, 0.3) is 5.91 Å². The molecule has 1 N–H and O–H groups in total. The maximum atomic E-state index is 12.7. The van der Waals surface area contributed by atoms with Crippen molar-refractivity contribution in [1.29, 1.82) is 0 Å². The second-order valence-electron chi connectivity index (χ2n) is 5.47. The molecule has 1 amide bonds. The highest BCUT2D eigenvalue weighted by Crippen LogP contribution is 2.29. The number of carbonyl (C=O) groups excluding carboxylic acids is 1. The molecule has 0 bridgehead atoms. The van der Waals surface area contributed by atoms with E-state index in [0.717, 1.165) is 23.4 Å². The van der Waals surface area contributed by atoms with Crippen molar-refractivity contribution in [2.75, 3.05) is 0 Å². The molecule has 0 saturated carbocycles. The number of halogens is 3. The van der Waals surface area contributed by atoms with Gasteiger partial charge in [0.1, 0.15) is 0 Å². The lowest BCUT2D eigenvalue weighted by molar-refractivity contribution is -0.137. The number of nitrogens with one attached hydrogen (secondary N) is 1. The summed E-state index contributed by atoms with van der Waals surface area (Å²) in [5.41, 5.74) is 2.94. The summed E-state index contributed by atoms with van der Waals surface area (Å²) >= 11 is 0. The van der Waals surface area contributed by atoms with Gasteiger partial charge in [0.05, 0.1) is 11.8 Å². The summed E-state index contributed by atoms with van der Waals surface area (Å²) in [4.78, 5) is 11.9. The number of para-hydroxylation sites is 1. The Bertz CT molecular complexity index is 930.